The molecule has 0 bridgehead atoms. The van der Waals surface area contributed by atoms with Crippen LogP contribution in [0, 0.1) is 0 Å². The van der Waals surface area contributed by atoms with Crippen LogP contribution in [0.4, 0.5) is 4.39 Å². The van der Waals surface area contributed by atoms with Gasteiger partial charge in [0, 0.05) is 0 Å². The van der Waals surface area contributed by atoms with Crippen LogP contribution in [0.25, 0.3) is 0 Å². The van der Waals surface area contributed by atoms with Crippen molar-refractivity contribution < 1.29 is 32.9 Å². The van der Waals surface area contributed by atoms with Gasteiger partial charge in [0.05, 0.1) is 18.8 Å². The van der Waals surface area contributed by atoms with Gasteiger partial charge >= 0.3 is 11.9 Å². The van der Waals surface area contributed by atoms with Crippen LogP contribution < -0.4 is 0 Å². The summed E-state index contributed by atoms with van der Waals surface area (Å²) in [6.45, 7) is 5.88. The summed E-state index contributed by atoms with van der Waals surface area (Å²) in [5.74, 6) is -2.84. The summed E-state index contributed by atoms with van der Waals surface area (Å²) in [6.07, 6.45) is -2.46. The number of hydrogen-bond acceptors (Lipinski definition) is 6. The quantitative estimate of drug-likeness (QED) is 0.732. The first-order valence-electron chi connectivity index (χ1n) is 8.11. The molecule has 0 radical (unpaired) electrons. The molecule has 2 unspecified atom stereocenters. The van der Waals surface area contributed by atoms with Crippen LogP contribution in [0.15, 0.2) is 30.3 Å². The van der Waals surface area contributed by atoms with Crippen molar-refractivity contribution in [2.24, 2.45) is 0 Å². The summed E-state index contributed by atoms with van der Waals surface area (Å²) in [5.41, 5.74) is -2.35. The Hall–Kier alpha value is -1.99. The van der Waals surface area contributed by atoms with Gasteiger partial charge in [0.1, 0.15) is 6.10 Å². The van der Waals surface area contributed by atoms with E-state index in [-0.39, 0.29) is 18.8 Å². The third-order valence-corrected chi connectivity index (χ3v) is 3.82. The molecule has 3 atom stereocenters. The lowest BCUT2D eigenvalue weighted by Gasteiger charge is -2.32. The minimum atomic E-state index is -2.59. The normalized spacial score (nSPS) is 22.7. The molecule has 6 nitrogen and oxygen atoms in total. The van der Waals surface area contributed by atoms with Crippen molar-refractivity contribution in [3.8, 4) is 0 Å². The fourth-order valence-electron chi connectivity index (χ4n) is 2.55. The zero-order valence-electron chi connectivity index (χ0n) is 14.8. The lowest BCUT2D eigenvalue weighted by Crippen LogP contribution is -2.53. The summed E-state index contributed by atoms with van der Waals surface area (Å²) in [6, 6.07) is 8.13. The largest absolute Gasteiger partial charge is 0.464 e. The van der Waals surface area contributed by atoms with Gasteiger partial charge in [0.2, 0.25) is 5.67 Å². The highest BCUT2D eigenvalue weighted by Gasteiger charge is 2.54. The van der Waals surface area contributed by atoms with Crippen molar-refractivity contribution in [3.05, 3.63) is 35.9 Å². The number of esters is 2. The molecule has 1 aliphatic rings. The van der Waals surface area contributed by atoms with Gasteiger partial charge in [-0.3, -0.25) is 0 Å². The molecule has 2 rings (SSSR count). The van der Waals surface area contributed by atoms with Crippen LogP contribution in [-0.2, 0) is 23.7 Å². The average Bonchev–Trinajstić information content (AvgIpc) is 2.92. The Labute approximate surface area is 146 Å². The number of ether oxygens (including phenoxy) is 4. The van der Waals surface area contributed by atoms with Crippen LogP contribution in [-0.4, -0.2) is 48.8 Å². The number of halogens is 1. The second kappa shape index (κ2) is 7.49. The highest BCUT2D eigenvalue weighted by molar-refractivity contribution is 5.90. The number of alkyl halides is 1. The van der Waals surface area contributed by atoms with Crippen LogP contribution in [0.3, 0.4) is 0 Å². The lowest BCUT2D eigenvalue weighted by molar-refractivity contribution is -0.183. The van der Waals surface area contributed by atoms with Gasteiger partial charge in [-0.2, -0.15) is 0 Å². The molecule has 0 amide bonds. The second-order valence-corrected chi connectivity index (χ2v) is 6.36. The monoisotopic (exact) mass is 354 g/mol. The van der Waals surface area contributed by atoms with E-state index in [1.807, 2.05) is 0 Å². The third-order valence-electron chi connectivity index (χ3n) is 3.82. The minimum Gasteiger partial charge on any atom is -0.464 e. The minimum absolute atomic E-state index is 0.00517. The Kier molecular flexibility index (Phi) is 5.80. The zero-order valence-corrected chi connectivity index (χ0v) is 14.8. The van der Waals surface area contributed by atoms with E-state index in [2.05, 4.69) is 0 Å². The summed E-state index contributed by atoms with van der Waals surface area (Å²) in [4.78, 5) is 24.4. The van der Waals surface area contributed by atoms with Gasteiger partial charge in [0.15, 0.2) is 11.9 Å². The predicted octanol–water partition coefficient (Wildman–Crippen LogP) is 2.65. The van der Waals surface area contributed by atoms with Crippen molar-refractivity contribution in [3.63, 3.8) is 0 Å². The first-order chi connectivity index (χ1) is 11.7. The van der Waals surface area contributed by atoms with E-state index in [9.17, 15) is 9.59 Å². The molecule has 0 aromatic heterocycles. The molecule has 138 valence electrons. The van der Waals surface area contributed by atoms with Gasteiger partial charge in [-0.05, 0) is 39.8 Å². The summed E-state index contributed by atoms with van der Waals surface area (Å²) < 4.78 is 36.4. The van der Waals surface area contributed by atoms with Crippen LogP contribution in [0.1, 0.15) is 38.1 Å². The number of carbonyl (C=O) groups is 2. The maximum Gasteiger partial charge on any atom is 0.347 e. The van der Waals surface area contributed by atoms with Crippen molar-refractivity contribution in [2.45, 2.75) is 51.4 Å². The zero-order chi connectivity index (χ0) is 18.7. The smallest absolute Gasteiger partial charge is 0.347 e. The second-order valence-electron chi connectivity index (χ2n) is 6.36. The molecule has 25 heavy (non-hydrogen) atoms. The number of hydrogen-bond donors (Lipinski definition) is 0. The van der Waals surface area contributed by atoms with Crippen LogP contribution in [0.5, 0.6) is 0 Å². The van der Waals surface area contributed by atoms with Gasteiger partial charge in [0.25, 0.3) is 0 Å². The molecule has 0 saturated carbocycles. The Morgan fingerprint density at radius 3 is 2.52 bits per heavy atom. The fraction of sp³-hybridized carbons (Fsp3) is 0.556. The Morgan fingerprint density at radius 1 is 1.36 bits per heavy atom. The molecule has 1 aromatic rings. The topological polar surface area (TPSA) is 71.1 Å². The Bertz CT molecular complexity index is 613. The highest BCUT2D eigenvalue weighted by Crippen LogP contribution is 2.33. The van der Waals surface area contributed by atoms with Gasteiger partial charge < -0.3 is 18.9 Å². The molecule has 7 heteroatoms. The summed E-state index contributed by atoms with van der Waals surface area (Å²) >= 11 is 0. The molecule has 0 N–H and O–H groups in total. The van der Waals surface area contributed by atoms with E-state index in [1.165, 1.54) is 12.1 Å². The molecule has 0 spiro atoms. The maximum absolute atomic E-state index is 15.2. The van der Waals surface area contributed by atoms with Gasteiger partial charge in [-0.25, -0.2) is 14.0 Å². The summed E-state index contributed by atoms with van der Waals surface area (Å²) in [7, 11) is 0. The molecule has 1 saturated heterocycles. The first kappa shape index (κ1) is 19.3. The molecule has 1 aliphatic heterocycles. The van der Waals surface area contributed by atoms with Crippen molar-refractivity contribution in [1.29, 1.82) is 0 Å². The average molecular weight is 354 g/mol. The number of carbonyl (C=O) groups excluding carboxylic acids is 2. The number of benzene rings is 1. The number of rotatable bonds is 6. The van der Waals surface area contributed by atoms with E-state index < -0.39 is 35.6 Å². The standard InChI is InChI=1S/C18H23FO6/c1-5-22-16(21)18(4,19)14(13-11-23-17(2,3)25-13)24-15(20)12-9-7-6-8-10-12/h6-10,13-14H,5,11H2,1-4H3/t13?,14-,18?/m1/s1. The van der Waals surface area contributed by atoms with Gasteiger partial charge in [-0.15, -0.1) is 0 Å². The van der Waals surface area contributed by atoms with E-state index >= 15 is 4.39 Å². The van der Waals surface area contributed by atoms with E-state index in [0.29, 0.717) is 0 Å². The molecule has 1 fully saturated rings. The maximum atomic E-state index is 15.2. The molecular formula is C18H23FO6. The lowest BCUT2D eigenvalue weighted by atomic mass is 9.96. The van der Waals surface area contributed by atoms with E-state index in [1.54, 1.807) is 39.0 Å². The highest BCUT2D eigenvalue weighted by atomic mass is 19.1. The van der Waals surface area contributed by atoms with Gasteiger partial charge in [-0.1, -0.05) is 18.2 Å². The van der Waals surface area contributed by atoms with E-state index in [0.717, 1.165) is 6.92 Å². The van der Waals surface area contributed by atoms with Crippen LogP contribution >= 0.6 is 0 Å². The molecule has 0 aliphatic carbocycles. The van der Waals surface area contributed by atoms with Crippen molar-refractivity contribution in [1.82, 2.24) is 0 Å². The van der Waals surface area contributed by atoms with Crippen LogP contribution in [0.2, 0.25) is 0 Å². The Balaban J connectivity index is 2.26. The van der Waals surface area contributed by atoms with Crippen molar-refractivity contribution >= 4 is 11.9 Å². The predicted molar refractivity (Wildman–Crippen MR) is 86.7 cm³/mol. The van der Waals surface area contributed by atoms with E-state index in [4.69, 9.17) is 18.9 Å². The summed E-state index contributed by atoms with van der Waals surface area (Å²) in [5, 5.41) is 0. The van der Waals surface area contributed by atoms with Crippen molar-refractivity contribution in [2.75, 3.05) is 13.2 Å². The third kappa shape index (κ3) is 4.55. The first-order valence-corrected chi connectivity index (χ1v) is 8.11. The SMILES string of the molecule is CCOC(=O)C(C)(F)[C@H](OC(=O)c1ccccc1)C1COC(C)(C)O1. The molecular weight excluding hydrogens is 331 g/mol. The Morgan fingerprint density at radius 2 is 2.00 bits per heavy atom. The molecule has 1 heterocycles. The molecule has 1 aromatic carbocycles. The fourth-order valence-corrected chi connectivity index (χ4v) is 2.55.